The molecule has 1 aliphatic rings. The van der Waals surface area contributed by atoms with Gasteiger partial charge in [0, 0.05) is 5.39 Å². The smallest absolute Gasteiger partial charge is 0.293 e. The van der Waals surface area contributed by atoms with Crippen LogP contribution in [-0.2, 0) is 4.79 Å². The standard InChI is InChI=1S/C23H18ClNO5S/c1-29-19-12-14(11-17(24)21(19)26)13-20-22(27)25(23(28)31-20)9-10-30-18-8-4-6-15-5-2-3-7-16(15)18/h2-8,11-13,26H,9-10H2,1H3/b20-13-. The molecule has 3 aromatic rings. The molecule has 0 radical (unpaired) electrons. The van der Waals surface area contributed by atoms with E-state index in [1.165, 1.54) is 13.2 Å². The molecule has 6 nitrogen and oxygen atoms in total. The predicted octanol–water partition coefficient (Wildman–Crippen LogP) is 5.32. The molecule has 1 fully saturated rings. The second kappa shape index (κ2) is 8.91. The average molecular weight is 456 g/mol. The molecule has 4 rings (SSSR count). The van der Waals surface area contributed by atoms with Gasteiger partial charge < -0.3 is 14.6 Å². The number of methoxy groups -OCH3 is 1. The number of fused-ring (bicyclic) bond motifs is 1. The van der Waals surface area contributed by atoms with Gasteiger partial charge in [-0.25, -0.2) is 0 Å². The summed E-state index contributed by atoms with van der Waals surface area (Å²) in [6.45, 7) is 0.309. The van der Waals surface area contributed by atoms with Gasteiger partial charge in [-0.15, -0.1) is 0 Å². The lowest BCUT2D eigenvalue weighted by Gasteiger charge is -2.14. The Labute approximate surface area is 188 Å². The second-order valence-electron chi connectivity index (χ2n) is 6.71. The molecule has 0 spiro atoms. The van der Waals surface area contributed by atoms with Crippen molar-refractivity contribution >= 4 is 51.4 Å². The topological polar surface area (TPSA) is 76.1 Å². The van der Waals surface area contributed by atoms with Crippen molar-refractivity contribution in [3.05, 3.63) is 70.1 Å². The van der Waals surface area contributed by atoms with Crippen molar-refractivity contribution in [1.82, 2.24) is 4.90 Å². The number of benzene rings is 3. The van der Waals surface area contributed by atoms with E-state index in [1.807, 2.05) is 42.5 Å². The highest BCUT2D eigenvalue weighted by Gasteiger charge is 2.34. The van der Waals surface area contributed by atoms with Gasteiger partial charge in [0.15, 0.2) is 11.5 Å². The minimum Gasteiger partial charge on any atom is -0.503 e. The van der Waals surface area contributed by atoms with Crippen LogP contribution in [0, 0.1) is 0 Å². The summed E-state index contributed by atoms with van der Waals surface area (Å²) in [5.41, 5.74) is 0.539. The fourth-order valence-corrected chi connectivity index (χ4v) is 4.33. The Bertz CT molecular complexity index is 1200. The van der Waals surface area contributed by atoms with Gasteiger partial charge in [-0.3, -0.25) is 14.5 Å². The summed E-state index contributed by atoms with van der Waals surface area (Å²) in [4.78, 5) is 26.5. The molecule has 158 valence electrons. The molecule has 1 saturated heterocycles. The number of ether oxygens (including phenoxy) is 2. The van der Waals surface area contributed by atoms with Crippen LogP contribution in [0.4, 0.5) is 4.79 Å². The Morgan fingerprint density at radius 1 is 1.10 bits per heavy atom. The van der Waals surface area contributed by atoms with E-state index in [0.717, 1.165) is 27.4 Å². The molecule has 0 unspecified atom stereocenters. The van der Waals surface area contributed by atoms with Gasteiger partial charge in [-0.2, -0.15) is 0 Å². The van der Waals surface area contributed by atoms with E-state index in [-0.39, 0.29) is 39.8 Å². The van der Waals surface area contributed by atoms with E-state index in [1.54, 1.807) is 12.1 Å². The third kappa shape index (κ3) is 4.33. The van der Waals surface area contributed by atoms with E-state index in [0.29, 0.717) is 11.3 Å². The summed E-state index contributed by atoms with van der Waals surface area (Å²) in [7, 11) is 1.40. The van der Waals surface area contributed by atoms with Gasteiger partial charge in [0.25, 0.3) is 11.1 Å². The zero-order chi connectivity index (χ0) is 22.0. The lowest BCUT2D eigenvalue weighted by atomic mass is 10.1. The fourth-order valence-electron chi connectivity index (χ4n) is 3.25. The quantitative estimate of drug-likeness (QED) is 0.507. The lowest BCUT2D eigenvalue weighted by Crippen LogP contribution is -2.32. The van der Waals surface area contributed by atoms with Crippen molar-refractivity contribution in [1.29, 1.82) is 0 Å². The number of halogens is 1. The number of rotatable bonds is 6. The first-order valence-electron chi connectivity index (χ1n) is 9.40. The molecule has 0 aromatic heterocycles. The van der Waals surface area contributed by atoms with Crippen LogP contribution in [0.15, 0.2) is 59.5 Å². The maximum absolute atomic E-state index is 12.7. The molecular weight excluding hydrogens is 438 g/mol. The van der Waals surface area contributed by atoms with Crippen LogP contribution >= 0.6 is 23.4 Å². The van der Waals surface area contributed by atoms with Crippen LogP contribution < -0.4 is 9.47 Å². The molecule has 31 heavy (non-hydrogen) atoms. The molecule has 1 heterocycles. The highest BCUT2D eigenvalue weighted by Crippen LogP contribution is 2.38. The van der Waals surface area contributed by atoms with Crippen molar-refractivity contribution < 1.29 is 24.2 Å². The Morgan fingerprint density at radius 3 is 2.68 bits per heavy atom. The minimum absolute atomic E-state index is 0.0910. The molecular formula is C23H18ClNO5S. The molecule has 0 aliphatic carbocycles. The normalized spacial score (nSPS) is 15.2. The van der Waals surface area contributed by atoms with Crippen molar-refractivity contribution in [2.24, 2.45) is 0 Å². The summed E-state index contributed by atoms with van der Waals surface area (Å²) in [5.74, 6) is 0.299. The zero-order valence-corrected chi connectivity index (χ0v) is 18.1. The number of aromatic hydroxyl groups is 1. The van der Waals surface area contributed by atoms with Gasteiger partial charge >= 0.3 is 0 Å². The number of nitrogens with zero attached hydrogens (tertiary/aromatic N) is 1. The Kier molecular flexibility index (Phi) is 6.06. The first kappa shape index (κ1) is 21.1. The summed E-state index contributed by atoms with van der Waals surface area (Å²) < 4.78 is 10.9. The van der Waals surface area contributed by atoms with E-state index in [2.05, 4.69) is 0 Å². The van der Waals surface area contributed by atoms with Gasteiger partial charge in [0.2, 0.25) is 0 Å². The Hall–Kier alpha value is -3.16. The number of hydrogen-bond donors (Lipinski definition) is 1. The zero-order valence-electron chi connectivity index (χ0n) is 16.5. The molecule has 1 aliphatic heterocycles. The summed E-state index contributed by atoms with van der Waals surface area (Å²) in [6, 6.07) is 16.6. The van der Waals surface area contributed by atoms with E-state index in [9.17, 15) is 14.7 Å². The van der Waals surface area contributed by atoms with Crippen molar-refractivity contribution in [3.8, 4) is 17.2 Å². The molecule has 2 amide bonds. The van der Waals surface area contributed by atoms with Gasteiger partial charge in [-0.1, -0.05) is 48.0 Å². The van der Waals surface area contributed by atoms with E-state index >= 15 is 0 Å². The van der Waals surface area contributed by atoms with Crippen LogP contribution in [0.25, 0.3) is 16.8 Å². The average Bonchev–Trinajstić information content (AvgIpc) is 3.03. The van der Waals surface area contributed by atoms with E-state index in [4.69, 9.17) is 21.1 Å². The third-order valence-electron chi connectivity index (χ3n) is 4.76. The molecule has 1 N–H and O–H groups in total. The predicted molar refractivity (Wildman–Crippen MR) is 122 cm³/mol. The van der Waals surface area contributed by atoms with Gasteiger partial charge in [0.05, 0.1) is 23.6 Å². The molecule has 3 aromatic carbocycles. The van der Waals surface area contributed by atoms with Crippen LogP contribution in [0.3, 0.4) is 0 Å². The maximum atomic E-state index is 12.7. The molecule has 0 atom stereocenters. The molecule has 0 bridgehead atoms. The summed E-state index contributed by atoms with van der Waals surface area (Å²) >= 11 is 6.85. The number of imide groups is 1. The SMILES string of the molecule is COc1cc(/C=C2\SC(=O)N(CCOc3cccc4ccccc34)C2=O)cc(Cl)c1O. The lowest BCUT2D eigenvalue weighted by molar-refractivity contribution is -0.123. The molecule has 8 heteroatoms. The number of carbonyl (C=O) groups is 2. The maximum Gasteiger partial charge on any atom is 0.293 e. The van der Waals surface area contributed by atoms with Crippen molar-refractivity contribution in [3.63, 3.8) is 0 Å². The van der Waals surface area contributed by atoms with Crippen molar-refractivity contribution in [2.75, 3.05) is 20.3 Å². The van der Waals surface area contributed by atoms with Crippen molar-refractivity contribution in [2.45, 2.75) is 0 Å². The number of phenols is 1. The highest BCUT2D eigenvalue weighted by atomic mass is 35.5. The summed E-state index contributed by atoms with van der Waals surface area (Å²) in [6.07, 6.45) is 1.55. The summed E-state index contributed by atoms with van der Waals surface area (Å²) in [5, 5.41) is 11.6. The van der Waals surface area contributed by atoms with Crippen LogP contribution in [0.1, 0.15) is 5.56 Å². The highest BCUT2D eigenvalue weighted by molar-refractivity contribution is 8.18. The number of phenolic OH excluding ortho intramolecular Hbond substituents is 1. The van der Waals surface area contributed by atoms with Gasteiger partial charge in [0.1, 0.15) is 12.4 Å². The molecule has 0 saturated carbocycles. The Morgan fingerprint density at radius 2 is 1.87 bits per heavy atom. The third-order valence-corrected chi connectivity index (χ3v) is 5.96. The number of hydrogen-bond acceptors (Lipinski definition) is 6. The van der Waals surface area contributed by atoms with Gasteiger partial charge in [-0.05, 0) is 47.0 Å². The van der Waals surface area contributed by atoms with Crippen LogP contribution in [-0.4, -0.2) is 41.4 Å². The first-order chi connectivity index (χ1) is 15.0. The minimum atomic E-state index is -0.403. The fraction of sp³-hybridized carbons (Fsp3) is 0.130. The Balaban J connectivity index is 1.46. The monoisotopic (exact) mass is 455 g/mol. The largest absolute Gasteiger partial charge is 0.503 e. The second-order valence-corrected chi connectivity index (χ2v) is 8.11. The van der Waals surface area contributed by atoms with Crippen LogP contribution in [0.5, 0.6) is 17.2 Å². The number of carbonyl (C=O) groups excluding carboxylic acids is 2. The van der Waals surface area contributed by atoms with Crippen LogP contribution in [0.2, 0.25) is 5.02 Å². The first-order valence-corrected chi connectivity index (χ1v) is 10.6. The number of amides is 2. The van der Waals surface area contributed by atoms with E-state index < -0.39 is 5.91 Å². The number of thioether (sulfide) groups is 1.